The lowest BCUT2D eigenvalue weighted by Crippen LogP contribution is -2.29. The minimum Gasteiger partial charge on any atom is -0.357 e. The molecule has 7 heteroatoms. The van der Waals surface area contributed by atoms with Gasteiger partial charge in [0.25, 0.3) is 0 Å². The molecule has 0 radical (unpaired) electrons. The van der Waals surface area contributed by atoms with Crippen molar-refractivity contribution in [3.8, 4) is 22.4 Å². The number of hydrogen-bond acceptors (Lipinski definition) is 4. The summed E-state index contributed by atoms with van der Waals surface area (Å²) in [6, 6.07) is 16.0. The van der Waals surface area contributed by atoms with Crippen LogP contribution in [-0.4, -0.2) is 40.0 Å². The number of urea groups is 1. The van der Waals surface area contributed by atoms with Gasteiger partial charge in [-0.2, -0.15) is 0 Å². The number of amides is 2. The largest absolute Gasteiger partial charge is 0.357 e. The first kappa shape index (κ1) is 21.0. The number of nitrogens with zero attached hydrogens (tertiary/aromatic N) is 4. The van der Waals surface area contributed by atoms with Crippen LogP contribution in [-0.2, 0) is 0 Å². The van der Waals surface area contributed by atoms with Crippen molar-refractivity contribution in [3.05, 3.63) is 67.1 Å². The molecule has 4 aromatic rings. The second-order valence-corrected chi connectivity index (χ2v) is 8.31. The van der Waals surface area contributed by atoms with Gasteiger partial charge in [-0.25, -0.2) is 14.8 Å². The number of anilines is 2. The first-order chi connectivity index (χ1) is 16.2. The standard InChI is InChI=1S/C26H28N6O/c1-2-27-26(33)30-22-8-6-7-20(15-22)23-18-29-25-16-19(11-14-32(23)25)21-9-10-24(28-17-21)31-12-4-3-5-13-31/h6-11,14-18H,2-5,12-13H2,1H3,(H2,27,30,33). The Morgan fingerprint density at radius 2 is 1.82 bits per heavy atom. The normalized spacial score (nSPS) is 13.8. The molecule has 2 N–H and O–H groups in total. The molecule has 0 saturated carbocycles. The van der Waals surface area contributed by atoms with Crippen LogP contribution in [0.15, 0.2) is 67.1 Å². The van der Waals surface area contributed by atoms with Crippen molar-refractivity contribution in [1.29, 1.82) is 0 Å². The third-order valence-corrected chi connectivity index (χ3v) is 6.03. The smallest absolute Gasteiger partial charge is 0.319 e. The number of fused-ring (bicyclic) bond motifs is 1. The highest BCUT2D eigenvalue weighted by Gasteiger charge is 2.13. The van der Waals surface area contributed by atoms with E-state index in [0.717, 1.165) is 52.6 Å². The molecule has 0 bridgehead atoms. The van der Waals surface area contributed by atoms with Gasteiger partial charge in [-0.15, -0.1) is 0 Å². The minimum atomic E-state index is -0.211. The summed E-state index contributed by atoms with van der Waals surface area (Å²) in [6.07, 6.45) is 9.66. The Balaban J connectivity index is 1.38. The molecule has 0 atom stereocenters. The summed E-state index contributed by atoms with van der Waals surface area (Å²) < 4.78 is 2.06. The van der Waals surface area contributed by atoms with E-state index in [1.807, 2.05) is 49.8 Å². The van der Waals surface area contributed by atoms with Crippen LogP contribution < -0.4 is 15.5 Å². The number of piperidine rings is 1. The van der Waals surface area contributed by atoms with Gasteiger partial charge in [-0.05, 0) is 68.1 Å². The summed E-state index contributed by atoms with van der Waals surface area (Å²) in [4.78, 5) is 23.6. The fourth-order valence-electron chi connectivity index (χ4n) is 4.33. The van der Waals surface area contributed by atoms with E-state index in [9.17, 15) is 4.79 Å². The maximum absolute atomic E-state index is 11.9. The summed E-state index contributed by atoms with van der Waals surface area (Å²) in [5, 5.41) is 5.61. The van der Waals surface area contributed by atoms with Gasteiger partial charge in [-0.3, -0.25) is 4.40 Å². The van der Waals surface area contributed by atoms with E-state index in [0.29, 0.717) is 6.54 Å². The fraction of sp³-hybridized carbons (Fsp3) is 0.269. The quantitative estimate of drug-likeness (QED) is 0.448. The zero-order valence-electron chi connectivity index (χ0n) is 18.8. The Morgan fingerprint density at radius 1 is 0.939 bits per heavy atom. The number of hydrogen-bond donors (Lipinski definition) is 2. The summed E-state index contributed by atoms with van der Waals surface area (Å²) in [5.74, 6) is 1.06. The minimum absolute atomic E-state index is 0.211. The van der Waals surface area contributed by atoms with Crippen LogP contribution in [0.3, 0.4) is 0 Å². The average molecular weight is 441 g/mol. The highest BCUT2D eigenvalue weighted by atomic mass is 16.2. The van der Waals surface area contributed by atoms with Crippen LogP contribution in [0.2, 0.25) is 0 Å². The predicted octanol–water partition coefficient (Wildman–Crippen LogP) is 5.20. The number of nitrogens with one attached hydrogen (secondary N) is 2. The topological polar surface area (TPSA) is 74.6 Å². The molecule has 1 fully saturated rings. The second kappa shape index (κ2) is 9.32. The molecule has 0 spiro atoms. The summed E-state index contributed by atoms with van der Waals surface area (Å²) in [6.45, 7) is 4.66. The SMILES string of the molecule is CCNC(=O)Nc1cccc(-c2cnc3cc(-c4ccc(N5CCCCC5)nc4)ccn23)c1. The highest BCUT2D eigenvalue weighted by Crippen LogP contribution is 2.27. The summed E-state index contributed by atoms with van der Waals surface area (Å²) in [5.41, 5.74) is 5.72. The third kappa shape index (κ3) is 4.53. The molecule has 4 heterocycles. The molecular weight excluding hydrogens is 412 g/mol. The van der Waals surface area contributed by atoms with Crippen LogP contribution in [0, 0.1) is 0 Å². The van der Waals surface area contributed by atoms with Crippen LogP contribution in [0.25, 0.3) is 28.0 Å². The predicted molar refractivity (Wildman–Crippen MR) is 133 cm³/mol. The van der Waals surface area contributed by atoms with Gasteiger partial charge in [-0.1, -0.05) is 12.1 Å². The number of carbonyl (C=O) groups is 1. The molecule has 5 rings (SSSR count). The molecule has 1 aliphatic rings. The molecule has 7 nitrogen and oxygen atoms in total. The fourth-order valence-corrected chi connectivity index (χ4v) is 4.33. The third-order valence-electron chi connectivity index (χ3n) is 6.03. The molecule has 1 saturated heterocycles. The average Bonchev–Trinajstić information content (AvgIpc) is 3.28. The molecule has 33 heavy (non-hydrogen) atoms. The lowest BCUT2D eigenvalue weighted by Gasteiger charge is -2.27. The Bertz CT molecular complexity index is 1260. The van der Waals surface area contributed by atoms with Crippen molar-refractivity contribution in [2.75, 3.05) is 29.9 Å². The Labute approximate surface area is 193 Å². The zero-order valence-corrected chi connectivity index (χ0v) is 18.8. The van der Waals surface area contributed by atoms with Gasteiger partial charge in [0.05, 0.1) is 11.9 Å². The van der Waals surface area contributed by atoms with E-state index >= 15 is 0 Å². The maximum Gasteiger partial charge on any atom is 0.319 e. The van der Waals surface area contributed by atoms with Crippen molar-refractivity contribution >= 4 is 23.2 Å². The Morgan fingerprint density at radius 3 is 2.61 bits per heavy atom. The number of imidazole rings is 1. The van der Waals surface area contributed by atoms with Gasteiger partial charge in [0.1, 0.15) is 11.5 Å². The van der Waals surface area contributed by atoms with Crippen LogP contribution >= 0.6 is 0 Å². The molecule has 1 aliphatic heterocycles. The van der Waals surface area contributed by atoms with Crippen molar-refractivity contribution in [3.63, 3.8) is 0 Å². The van der Waals surface area contributed by atoms with Crippen molar-refractivity contribution in [1.82, 2.24) is 19.7 Å². The monoisotopic (exact) mass is 440 g/mol. The van der Waals surface area contributed by atoms with Gasteiger partial charge in [0.2, 0.25) is 0 Å². The first-order valence-corrected chi connectivity index (χ1v) is 11.5. The maximum atomic E-state index is 11.9. The number of carbonyl (C=O) groups excluding carboxylic acids is 1. The van der Waals surface area contributed by atoms with Crippen LogP contribution in [0.5, 0.6) is 0 Å². The van der Waals surface area contributed by atoms with Crippen molar-refractivity contribution < 1.29 is 4.79 Å². The first-order valence-electron chi connectivity index (χ1n) is 11.5. The van der Waals surface area contributed by atoms with Gasteiger partial charge in [0.15, 0.2) is 0 Å². The molecule has 2 amide bonds. The van der Waals surface area contributed by atoms with E-state index in [2.05, 4.69) is 49.2 Å². The summed E-state index contributed by atoms with van der Waals surface area (Å²) in [7, 11) is 0. The van der Waals surface area contributed by atoms with E-state index < -0.39 is 0 Å². The van der Waals surface area contributed by atoms with Gasteiger partial charge >= 0.3 is 6.03 Å². The second-order valence-electron chi connectivity index (χ2n) is 8.31. The number of pyridine rings is 2. The summed E-state index contributed by atoms with van der Waals surface area (Å²) >= 11 is 0. The van der Waals surface area contributed by atoms with Crippen LogP contribution in [0.4, 0.5) is 16.3 Å². The van der Waals surface area contributed by atoms with Gasteiger partial charge < -0.3 is 15.5 Å². The molecule has 0 aliphatic carbocycles. The van der Waals surface area contributed by atoms with Gasteiger partial charge in [0, 0.05) is 48.8 Å². The number of benzene rings is 1. The number of aromatic nitrogens is 3. The highest BCUT2D eigenvalue weighted by molar-refractivity contribution is 5.90. The van der Waals surface area contributed by atoms with Crippen molar-refractivity contribution in [2.45, 2.75) is 26.2 Å². The molecule has 1 aromatic carbocycles. The molecule has 168 valence electrons. The lowest BCUT2D eigenvalue weighted by molar-refractivity contribution is 0.252. The molecule has 3 aromatic heterocycles. The molecule has 0 unspecified atom stereocenters. The zero-order chi connectivity index (χ0) is 22.6. The van der Waals surface area contributed by atoms with E-state index in [1.165, 1.54) is 19.3 Å². The van der Waals surface area contributed by atoms with Crippen LogP contribution in [0.1, 0.15) is 26.2 Å². The number of rotatable bonds is 5. The lowest BCUT2D eigenvalue weighted by atomic mass is 10.1. The molecular formula is C26H28N6O. The van der Waals surface area contributed by atoms with Crippen molar-refractivity contribution in [2.24, 2.45) is 0 Å². The Hall–Kier alpha value is -3.87. The Kier molecular flexibility index (Phi) is 5.93. The van der Waals surface area contributed by atoms with E-state index in [-0.39, 0.29) is 6.03 Å². The van der Waals surface area contributed by atoms with E-state index in [1.54, 1.807) is 0 Å². The van der Waals surface area contributed by atoms with E-state index in [4.69, 9.17) is 4.98 Å².